The van der Waals surface area contributed by atoms with Gasteiger partial charge in [-0.1, -0.05) is 6.92 Å². The van der Waals surface area contributed by atoms with Gasteiger partial charge >= 0.3 is 0 Å². The third kappa shape index (κ3) is 2.00. The number of aromatic nitrogens is 4. The van der Waals surface area contributed by atoms with Crippen LogP contribution in [-0.2, 0) is 6.42 Å². The first-order valence-electron chi connectivity index (χ1n) is 7.24. The highest BCUT2D eigenvalue weighted by molar-refractivity contribution is 5.81. The molecule has 0 amide bonds. The minimum atomic E-state index is -0.226. The quantitative estimate of drug-likeness (QED) is 0.738. The lowest BCUT2D eigenvalue weighted by Gasteiger charge is -2.09. The molecule has 1 saturated carbocycles. The van der Waals surface area contributed by atoms with Crippen LogP contribution in [0.15, 0.2) is 30.7 Å². The molecular formula is C16H15FN4. The van der Waals surface area contributed by atoms with Gasteiger partial charge in [0.1, 0.15) is 18.0 Å². The second kappa shape index (κ2) is 4.62. The summed E-state index contributed by atoms with van der Waals surface area (Å²) in [5.41, 5.74) is 3.61. The first-order chi connectivity index (χ1) is 10.3. The number of rotatable bonds is 3. The molecule has 0 unspecified atom stereocenters. The number of halogens is 1. The highest BCUT2D eigenvalue weighted by Gasteiger charge is 2.29. The molecular weight excluding hydrogens is 267 g/mol. The van der Waals surface area contributed by atoms with Gasteiger partial charge in [0.15, 0.2) is 0 Å². The van der Waals surface area contributed by atoms with Crippen molar-refractivity contribution in [3.05, 3.63) is 42.2 Å². The van der Waals surface area contributed by atoms with Crippen molar-refractivity contribution < 1.29 is 4.39 Å². The van der Waals surface area contributed by atoms with Gasteiger partial charge in [-0.15, -0.1) is 0 Å². The molecule has 4 nitrogen and oxygen atoms in total. The van der Waals surface area contributed by atoms with E-state index in [2.05, 4.69) is 21.5 Å². The zero-order chi connectivity index (χ0) is 14.4. The second-order valence-electron chi connectivity index (χ2n) is 5.41. The Morgan fingerprint density at radius 2 is 2.19 bits per heavy atom. The Balaban J connectivity index is 2.02. The SMILES string of the molecule is CCc1ncncc1-c1nc2ccc(F)cc2n1C1CC1. The maximum atomic E-state index is 13.6. The van der Waals surface area contributed by atoms with Crippen LogP contribution in [0, 0.1) is 5.82 Å². The van der Waals surface area contributed by atoms with Crippen LogP contribution in [0.5, 0.6) is 0 Å². The van der Waals surface area contributed by atoms with Crippen LogP contribution in [0.4, 0.5) is 4.39 Å². The summed E-state index contributed by atoms with van der Waals surface area (Å²) in [6.07, 6.45) is 6.42. The minimum Gasteiger partial charge on any atom is -0.321 e. The summed E-state index contributed by atoms with van der Waals surface area (Å²) in [5.74, 6) is 0.631. The fraction of sp³-hybridized carbons (Fsp3) is 0.312. The van der Waals surface area contributed by atoms with Gasteiger partial charge in [-0.05, 0) is 37.5 Å². The Morgan fingerprint density at radius 1 is 1.33 bits per heavy atom. The van der Waals surface area contributed by atoms with E-state index >= 15 is 0 Å². The summed E-state index contributed by atoms with van der Waals surface area (Å²) in [4.78, 5) is 13.2. The molecule has 3 aromatic rings. The van der Waals surface area contributed by atoms with Gasteiger partial charge in [0, 0.05) is 12.2 Å². The number of benzene rings is 1. The molecule has 0 N–H and O–H groups in total. The average molecular weight is 282 g/mol. The van der Waals surface area contributed by atoms with Crippen molar-refractivity contribution in [3.8, 4) is 11.4 Å². The van der Waals surface area contributed by atoms with E-state index in [1.54, 1.807) is 18.5 Å². The molecule has 0 aliphatic heterocycles. The van der Waals surface area contributed by atoms with Crippen molar-refractivity contribution >= 4 is 11.0 Å². The zero-order valence-electron chi connectivity index (χ0n) is 11.8. The second-order valence-corrected chi connectivity index (χ2v) is 5.41. The number of nitrogens with zero attached hydrogens (tertiary/aromatic N) is 4. The van der Waals surface area contributed by atoms with E-state index in [1.165, 1.54) is 6.07 Å². The Morgan fingerprint density at radius 3 is 2.95 bits per heavy atom. The molecule has 1 aliphatic carbocycles. The number of hydrogen-bond acceptors (Lipinski definition) is 3. The van der Waals surface area contributed by atoms with Crippen LogP contribution in [0.3, 0.4) is 0 Å². The van der Waals surface area contributed by atoms with Gasteiger partial charge < -0.3 is 4.57 Å². The molecule has 0 spiro atoms. The lowest BCUT2D eigenvalue weighted by atomic mass is 10.2. The van der Waals surface area contributed by atoms with Crippen LogP contribution in [-0.4, -0.2) is 19.5 Å². The molecule has 4 rings (SSSR count). The number of fused-ring (bicyclic) bond motifs is 1. The average Bonchev–Trinajstić information content (AvgIpc) is 3.28. The fourth-order valence-corrected chi connectivity index (χ4v) is 2.78. The van der Waals surface area contributed by atoms with E-state index in [-0.39, 0.29) is 5.82 Å². The van der Waals surface area contributed by atoms with Crippen LogP contribution < -0.4 is 0 Å². The van der Waals surface area contributed by atoms with Gasteiger partial charge in [-0.2, -0.15) is 0 Å². The predicted octanol–water partition coefficient (Wildman–Crippen LogP) is 3.53. The third-order valence-electron chi connectivity index (χ3n) is 3.93. The molecule has 5 heteroatoms. The van der Waals surface area contributed by atoms with E-state index in [9.17, 15) is 4.39 Å². The summed E-state index contributed by atoms with van der Waals surface area (Å²) in [6, 6.07) is 5.18. The van der Waals surface area contributed by atoms with Gasteiger partial charge in [0.25, 0.3) is 0 Å². The monoisotopic (exact) mass is 282 g/mol. The van der Waals surface area contributed by atoms with Crippen molar-refractivity contribution in [2.24, 2.45) is 0 Å². The number of imidazole rings is 1. The molecule has 0 atom stereocenters. The van der Waals surface area contributed by atoms with Crippen molar-refractivity contribution in [1.29, 1.82) is 0 Å². The summed E-state index contributed by atoms with van der Waals surface area (Å²) in [7, 11) is 0. The van der Waals surface area contributed by atoms with Crippen molar-refractivity contribution in [2.75, 3.05) is 0 Å². The lowest BCUT2D eigenvalue weighted by Crippen LogP contribution is -2.01. The van der Waals surface area contributed by atoms with E-state index in [4.69, 9.17) is 4.98 Å². The maximum Gasteiger partial charge on any atom is 0.144 e. The van der Waals surface area contributed by atoms with Gasteiger partial charge in [-0.25, -0.2) is 19.3 Å². The number of aryl methyl sites for hydroxylation is 1. The molecule has 1 aliphatic rings. The van der Waals surface area contributed by atoms with Crippen molar-refractivity contribution in [1.82, 2.24) is 19.5 Å². The first-order valence-corrected chi connectivity index (χ1v) is 7.24. The van der Waals surface area contributed by atoms with Crippen LogP contribution >= 0.6 is 0 Å². The van der Waals surface area contributed by atoms with E-state index in [0.717, 1.165) is 47.4 Å². The van der Waals surface area contributed by atoms with Gasteiger partial charge in [0.2, 0.25) is 0 Å². The molecule has 1 fully saturated rings. The van der Waals surface area contributed by atoms with E-state index in [1.807, 2.05) is 6.20 Å². The molecule has 2 aromatic heterocycles. The fourth-order valence-electron chi connectivity index (χ4n) is 2.78. The van der Waals surface area contributed by atoms with Crippen LogP contribution in [0.1, 0.15) is 31.5 Å². The van der Waals surface area contributed by atoms with Crippen molar-refractivity contribution in [2.45, 2.75) is 32.2 Å². The molecule has 1 aromatic carbocycles. The van der Waals surface area contributed by atoms with Crippen LogP contribution in [0.25, 0.3) is 22.4 Å². The smallest absolute Gasteiger partial charge is 0.144 e. The highest BCUT2D eigenvalue weighted by atomic mass is 19.1. The molecule has 106 valence electrons. The standard InChI is InChI=1S/C16H15FN4/c1-2-13-12(8-18-9-19-13)16-20-14-6-3-10(17)7-15(14)21(16)11-4-5-11/h3,6-9,11H,2,4-5H2,1H3. The Kier molecular flexibility index (Phi) is 2.74. The first kappa shape index (κ1) is 12.4. The largest absolute Gasteiger partial charge is 0.321 e. The maximum absolute atomic E-state index is 13.6. The normalized spacial score (nSPS) is 14.8. The van der Waals surface area contributed by atoms with Crippen molar-refractivity contribution in [3.63, 3.8) is 0 Å². The Bertz CT molecular complexity index is 820. The Labute approximate surface area is 121 Å². The molecule has 0 bridgehead atoms. The summed E-state index contributed by atoms with van der Waals surface area (Å²) >= 11 is 0. The topological polar surface area (TPSA) is 43.6 Å². The highest BCUT2D eigenvalue weighted by Crippen LogP contribution is 2.41. The summed E-state index contributed by atoms with van der Waals surface area (Å²) in [5, 5.41) is 0. The third-order valence-corrected chi connectivity index (χ3v) is 3.93. The molecule has 0 radical (unpaired) electrons. The predicted molar refractivity (Wildman–Crippen MR) is 78.4 cm³/mol. The molecule has 0 saturated heterocycles. The summed E-state index contributed by atoms with van der Waals surface area (Å²) < 4.78 is 15.7. The zero-order valence-corrected chi connectivity index (χ0v) is 11.8. The lowest BCUT2D eigenvalue weighted by molar-refractivity contribution is 0.628. The van der Waals surface area contributed by atoms with E-state index in [0.29, 0.717) is 6.04 Å². The number of hydrogen-bond donors (Lipinski definition) is 0. The molecule has 2 heterocycles. The Hall–Kier alpha value is -2.30. The summed E-state index contributed by atoms with van der Waals surface area (Å²) in [6.45, 7) is 2.07. The minimum absolute atomic E-state index is 0.226. The van der Waals surface area contributed by atoms with Gasteiger partial charge in [-0.3, -0.25) is 0 Å². The van der Waals surface area contributed by atoms with E-state index < -0.39 is 0 Å². The van der Waals surface area contributed by atoms with Crippen LogP contribution in [0.2, 0.25) is 0 Å². The van der Waals surface area contributed by atoms with Gasteiger partial charge in [0.05, 0.1) is 22.3 Å². The molecule has 21 heavy (non-hydrogen) atoms.